The molecule has 0 N–H and O–H groups in total. The van der Waals surface area contributed by atoms with Crippen molar-refractivity contribution in [3.63, 3.8) is 0 Å². The van der Waals surface area contributed by atoms with Gasteiger partial charge in [0.05, 0.1) is 6.57 Å². The van der Waals surface area contributed by atoms with Gasteiger partial charge in [0, 0.05) is 6.92 Å². The Morgan fingerprint density at radius 3 is 3.00 bits per heavy atom. The van der Waals surface area contributed by atoms with Crippen LogP contribution in [-0.4, -0.2) is 12.6 Å². The standard InChI is InChI=1S/C6H7NO2/c1-6(8)9-5-3-4-7-2/h3-4H,5H2,1H3. The normalized spacial score (nSPS) is 8.89. The molecule has 0 saturated heterocycles. The third kappa shape index (κ3) is 6.70. The van der Waals surface area contributed by atoms with Gasteiger partial charge in [-0.15, -0.1) is 0 Å². The first-order chi connectivity index (χ1) is 4.27. The molecule has 9 heavy (non-hydrogen) atoms. The third-order valence-electron chi connectivity index (χ3n) is 0.563. The molecule has 0 rings (SSSR count). The van der Waals surface area contributed by atoms with E-state index in [9.17, 15) is 4.79 Å². The second-order valence-corrected chi connectivity index (χ2v) is 1.32. The van der Waals surface area contributed by atoms with E-state index >= 15 is 0 Å². The monoisotopic (exact) mass is 125 g/mol. The van der Waals surface area contributed by atoms with Crippen molar-refractivity contribution in [2.24, 2.45) is 0 Å². The Labute approximate surface area is 53.8 Å². The molecule has 48 valence electrons. The fourth-order valence-electron chi connectivity index (χ4n) is 0.261. The molecule has 0 spiro atoms. The van der Waals surface area contributed by atoms with Crippen molar-refractivity contribution < 1.29 is 9.53 Å². The first-order valence-corrected chi connectivity index (χ1v) is 2.42. The molecule has 0 aromatic carbocycles. The number of carbonyl (C=O) groups excluding carboxylic acids is 1. The Kier molecular flexibility index (Phi) is 4.15. The van der Waals surface area contributed by atoms with Gasteiger partial charge in [0.1, 0.15) is 6.61 Å². The maximum absolute atomic E-state index is 10.1. The number of esters is 1. The maximum Gasteiger partial charge on any atom is 0.302 e. The van der Waals surface area contributed by atoms with Crippen LogP contribution in [0.4, 0.5) is 0 Å². The highest BCUT2D eigenvalue weighted by atomic mass is 16.5. The minimum atomic E-state index is -0.329. The van der Waals surface area contributed by atoms with Gasteiger partial charge in [-0.05, 0) is 6.08 Å². The lowest BCUT2D eigenvalue weighted by Crippen LogP contribution is -1.96. The number of hydrogen-bond donors (Lipinski definition) is 0. The summed E-state index contributed by atoms with van der Waals surface area (Å²) in [4.78, 5) is 13.0. The quantitative estimate of drug-likeness (QED) is 0.407. The lowest BCUT2D eigenvalue weighted by atomic mass is 10.6. The van der Waals surface area contributed by atoms with Crippen LogP contribution >= 0.6 is 0 Å². The molecule has 0 aliphatic heterocycles. The highest BCUT2D eigenvalue weighted by Gasteiger charge is 1.84. The van der Waals surface area contributed by atoms with Crippen LogP contribution in [0.15, 0.2) is 12.3 Å². The number of nitrogens with zero attached hydrogens (tertiary/aromatic N) is 1. The van der Waals surface area contributed by atoms with Crippen molar-refractivity contribution in [2.75, 3.05) is 6.61 Å². The van der Waals surface area contributed by atoms with Gasteiger partial charge >= 0.3 is 5.97 Å². The van der Waals surface area contributed by atoms with Crippen LogP contribution in [0.5, 0.6) is 0 Å². The lowest BCUT2D eigenvalue weighted by molar-refractivity contribution is -0.139. The van der Waals surface area contributed by atoms with E-state index in [4.69, 9.17) is 6.57 Å². The molecule has 0 amide bonds. The van der Waals surface area contributed by atoms with Crippen molar-refractivity contribution in [3.05, 3.63) is 23.7 Å². The second-order valence-electron chi connectivity index (χ2n) is 1.32. The molecule has 0 aromatic heterocycles. The minimum Gasteiger partial charge on any atom is -0.463 e. The molecule has 0 unspecified atom stereocenters. The predicted octanol–water partition coefficient (Wildman–Crippen LogP) is 0.982. The Hall–Kier alpha value is -1.30. The van der Waals surface area contributed by atoms with E-state index in [1.165, 1.54) is 19.2 Å². The van der Waals surface area contributed by atoms with Crippen molar-refractivity contribution >= 4 is 5.97 Å². The first-order valence-electron chi connectivity index (χ1n) is 2.42. The van der Waals surface area contributed by atoms with E-state index in [0.717, 1.165) is 0 Å². The highest BCUT2D eigenvalue weighted by Crippen LogP contribution is 1.78. The summed E-state index contributed by atoms with van der Waals surface area (Å²) in [6.45, 7) is 7.80. The third-order valence-corrected chi connectivity index (χ3v) is 0.563. The Morgan fingerprint density at radius 1 is 1.89 bits per heavy atom. The van der Waals surface area contributed by atoms with Crippen LogP contribution in [0.25, 0.3) is 4.85 Å². The zero-order chi connectivity index (χ0) is 7.11. The van der Waals surface area contributed by atoms with E-state index in [0.29, 0.717) is 0 Å². The van der Waals surface area contributed by atoms with E-state index in [2.05, 4.69) is 9.58 Å². The van der Waals surface area contributed by atoms with E-state index in [1.54, 1.807) is 0 Å². The van der Waals surface area contributed by atoms with Crippen LogP contribution in [0.2, 0.25) is 0 Å². The Balaban J connectivity index is 3.22. The molecule has 0 aromatic rings. The molecular weight excluding hydrogens is 118 g/mol. The van der Waals surface area contributed by atoms with Crippen LogP contribution in [0.1, 0.15) is 6.92 Å². The minimum absolute atomic E-state index is 0.192. The summed E-state index contributed by atoms with van der Waals surface area (Å²) in [6, 6.07) is 0. The van der Waals surface area contributed by atoms with Gasteiger partial charge in [-0.2, -0.15) is 0 Å². The Morgan fingerprint density at radius 2 is 2.56 bits per heavy atom. The zero-order valence-corrected chi connectivity index (χ0v) is 5.13. The number of rotatable bonds is 2. The van der Waals surface area contributed by atoms with Crippen LogP contribution < -0.4 is 0 Å². The fraction of sp³-hybridized carbons (Fsp3) is 0.333. The summed E-state index contributed by atoms with van der Waals surface area (Å²) in [6.07, 6.45) is 2.73. The van der Waals surface area contributed by atoms with Gasteiger partial charge in [0.2, 0.25) is 0 Å². The molecule has 3 heteroatoms. The molecule has 0 aliphatic carbocycles. The summed E-state index contributed by atoms with van der Waals surface area (Å²) in [5.74, 6) is -0.329. The lowest BCUT2D eigenvalue weighted by Gasteiger charge is -1.91. The first kappa shape index (κ1) is 7.70. The fourth-order valence-corrected chi connectivity index (χ4v) is 0.261. The summed E-state index contributed by atoms with van der Waals surface area (Å²) >= 11 is 0. The van der Waals surface area contributed by atoms with Crippen LogP contribution in [0, 0.1) is 6.57 Å². The molecule has 0 aliphatic rings. The highest BCUT2D eigenvalue weighted by molar-refractivity contribution is 5.65. The topological polar surface area (TPSA) is 30.7 Å². The summed E-state index contributed by atoms with van der Waals surface area (Å²) in [7, 11) is 0. The average molecular weight is 125 g/mol. The largest absolute Gasteiger partial charge is 0.463 e. The average Bonchev–Trinajstić information content (AvgIpc) is 1.80. The smallest absolute Gasteiger partial charge is 0.302 e. The zero-order valence-electron chi connectivity index (χ0n) is 5.13. The van der Waals surface area contributed by atoms with Gasteiger partial charge in [-0.25, -0.2) is 4.85 Å². The molecule has 0 heterocycles. The SMILES string of the molecule is [C-]#[N+]C=CCOC(C)=O. The number of hydrogen-bond acceptors (Lipinski definition) is 2. The summed E-state index contributed by atoms with van der Waals surface area (Å²) < 4.78 is 4.47. The molecule has 0 radical (unpaired) electrons. The van der Waals surface area contributed by atoms with Gasteiger partial charge in [-0.1, -0.05) is 0 Å². The summed E-state index contributed by atoms with van der Waals surface area (Å²) in [5, 5.41) is 0. The van der Waals surface area contributed by atoms with Crippen molar-refractivity contribution in [1.29, 1.82) is 0 Å². The van der Waals surface area contributed by atoms with Crippen molar-refractivity contribution in [2.45, 2.75) is 6.92 Å². The van der Waals surface area contributed by atoms with E-state index < -0.39 is 0 Å². The molecule has 3 nitrogen and oxygen atoms in total. The van der Waals surface area contributed by atoms with Crippen molar-refractivity contribution in [1.82, 2.24) is 0 Å². The van der Waals surface area contributed by atoms with E-state index in [1.807, 2.05) is 0 Å². The predicted molar refractivity (Wildman–Crippen MR) is 32.4 cm³/mol. The van der Waals surface area contributed by atoms with Gasteiger partial charge in [0.25, 0.3) is 0 Å². The van der Waals surface area contributed by atoms with Gasteiger partial charge in [0.15, 0.2) is 6.20 Å². The second kappa shape index (κ2) is 4.85. The number of carbonyl (C=O) groups is 1. The van der Waals surface area contributed by atoms with Crippen LogP contribution in [0.3, 0.4) is 0 Å². The summed E-state index contributed by atoms with van der Waals surface area (Å²) in [5.41, 5.74) is 0. The Bertz CT molecular complexity index is 155. The van der Waals surface area contributed by atoms with Crippen LogP contribution in [-0.2, 0) is 9.53 Å². The number of ether oxygens (including phenoxy) is 1. The molecule has 0 fully saturated rings. The van der Waals surface area contributed by atoms with Gasteiger partial charge < -0.3 is 4.74 Å². The maximum atomic E-state index is 10.1. The van der Waals surface area contributed by atoms with Crippen molar-refractivity contribution in [3.8, 4) is 0 Å². The van der Waals surface area contributed by atoms with Gasteiger partial charge in [-0.3, -0.25) is 4.79 Å². The van der Waals surface area contributed by atoms with E-state index in [-0.39, 0.29) is 12.6 Å². The molecular formula is C6H7NO2. The molecule has 0 bridgehead atoms. The molecule has 0 atom stereocenters. The molecule has 0 saturated carbocycles.